The summed E-state index contributed by atoms with van der Waals surface area (Å²) in [7, 11) is 1.28. The van der Waals surface area contributed by atoms with Crippen molar-refractivity contribution in [3.05, 3.63) is 39.1 Å². The molecule has 2 heterocycles. The van der Waals surface area contributed by atoms with E-state index >= 15 is 0 Å². The Balaban J connectivity index is 2.26. The molecule has 0 spiro atoms. The van der Waals surface area contributed by atoms with Gasteiger partial charge in [-0.1, -0.05) is 11.6 Å². The van der Waals surface area contributed by atoms with Gasteiger partial charge in [-0.15, -0.1) is 11.3 Å². The number of ether oxygens (including phenoxy) is 1. The SMILES string of the molecule is COC(=O)c1sccc1NC(=O)c1nc(C)ncc1Cl. The minimum absolute atomic E-state index is 0.0567. The number of halogens is 1. The van der Waals surface area contributed by atoms with Crippen molar-refractivity contribution in [2.75, 3.05) is 12.4 Å². The summed E-state index contributed by atoms with van der Waals surface area (Å²) in [6.45, 7) is 1.65. The summed E-state index contributed by atoms with van der Waals surface area (Å²) in [6, 6.07) is 1.61. The van der Waals surface area contributed by atoms with Crippen molar-refractivity contribution in [2.45, 2.75) is 6.92 Å². The lowest BCUT2D eigenvalue weighted by Crippen LogP contribution is -2.16. The van der Waals surface area contributed by atoms with Gasteiger partial charge in [0.1, 0.15) is 10.7 Å². The molecule has 0 radical (unpaired) electrons. The third-order valence-electron chi connectivity index (χ3n) is 2.36. The molecule has 0 aliphatic rings. The van der Waals surface area contributed by atoms with Crippen molar-refractivity contribution in [3.63, 3.8) is 0 Å². The van der Waals surface area contributed by atoms with Gasteiger partial charge in [-0.2, -0.15) is 0 Å². The molecule has 2 aromatic heterocycles. The highest BCUT2D eigenvalue weighted by Gasteiger charge is 2.18. The Kier molecular flexibility index (Phi) is 4.31. The van der Waals surface area contributed by atoms with E-state index in [0.717, 1.165) is 0 Å². The topological polar surface area (TPSA) is 81.2 Å². The average molecular weight is 312 g/mol. The fourth-order valence-corrected chi connectivity index (χ4v) is 2.40. The molecule has 0 saturated heterocycles. The number of nitrogens with one attached hydrogen (secondary N) is 1. The predicted octanol–water partition coefficient (Wildman–Crippen LogP) is 2.54. The van der Waals surface area contributed by atoms with Gasteiger partial charge in [0.25, 0.3) is 5.91 Å². The number of rotatable bonds is 3. The lowest BCUT2D eigenvalue weighted by Gasteiger charge is -2.06. The Labute approximate surface area is 123 Å². The minimum Gasteiger partial charge on any atom is -0.465 e. The van der Waals surface area contributed by atoms with Crippen LogP contribution in [0.5, 0.6) is 0 Å². The fourth-order valence-electron chi connectivity index (χ4n) is 1.45. The maximum atomic E-state index is 12.1. The van der Waals surface area contributed by atoms with Crippen LogP contribution < -0.4 is 5.32 Å². The Morgan fingerprint density at radius 2 is 2.20 bits per heavy atom. The van der Waals surface area contributed by atoms with E-state index in [4.69, 9.17) is 11.6 Å². The molecule has 20 heavy (non-hydrogen) atoms. The molecule has 6 nitrogen and oxygen atoms in total. The number of nitrogens with zero attached hydrogens (tertiary/aromatic N) is 2. The summed E-state index contributed by atoms with van der Waals surface area (Å²) >= 11 is 7.06. The third-order valence-corrected chi connectivity index (χ3v) is 3.53. The van der Waals surface area contributed by atoms with Crippen LogP contribution in [0.2, 0.25) is 5.02 Å². The summed E-state index contributed by atoms with van der Waals surface area (Å²) in [4.78, 5) is 31.8. The van der Waals surface area contributed by atoms with E-state index in [2.05, 4.69) is 20.0 Å². The van der Waals surface area contributed by atoms with Crippen LogP contribution in [0.3, 0.4) is 0 Å². The number of carbonyl (C=O) groups is 2. The molecule has 0 unspecified atom stereocenters. The lowest BCUT2D eigenvalue weighted by molar-refractivity contribution is 0.0607. The Morgan fingerprint density at radius 1 is 1.45 bits per heavy atom. The standard InChI is InChI=1S/C12H10ClN3O3S/c1-6-14-5-7(13)9(15-6)11(17)16-8-3-4-20-10(8)12(18)19-2/h3-5H,1-2H3,(H,16,17). The second-order valence-electron chi connectivity index (χ2n) is 3.72. The van der Waals surface area contributed by atoms with Crippen LogP contribution in [0.15, 0.2) is 17.6 Å². The third kappa shape index (κ3) is 2.94. The number of carbonyl (C=O) groups excluding carboxylic acids is 2. The van der Waals surface area contributed by atoms with E-state index in [1.165, 1.54) is 24.6 Å². The second-order valence-corrected chi connectivity index (χ2v) is 5.05. The monoisotopic (exact) mass is 311 g/mol. The molecule has 1 amide bonds. The van der Waals surface area contributed by atoms with Gasteiger partial charge in [-0.05, 0) is 18.4 Å². The van der Waals surface area contributed by atoms with E-state index in [1.54, 1.807) is 18.4 Å². The van der Waals surface area contributed by atoms with Crippen LogP contribution in [0, 0.1) is 6.92 Å². The zero-order chi connectivity index (χ0) is 14.7. The van der Waals surface area contributed by atoms with Gasteiger partial charge in [-0.25, -0.2) is 14.8 Å². The van der Waals surface area contributed by atoms with Crippen LogP contribution in [-0.4, -0.2) is 29.0 Å². The zero-order valence-corrected chi connectivity index (χ0v) is 12.2. The molecule has 0 aliphatic carbocycles. The molecular formula is C12H10ClN3O3S. The van der Waals surface area contributed by atoms with E-state index in [-0.39, 0.29) is 10.7 Å². The molecule has 0 aliphatic heterocycles. The summed E-state index contributed by atoms with van der Waals surface area (Å²) in [5.74, 6) is -0.595. The summed E-state index contributed by atoms with van der Waals surface area (Å²) < 4.78 is 4.63. The molecule has 2 aromatic rings. The molecule has 0 aromatic carbocycles. The van der Waals surface area contributed by atoms with E-state index < -0.39 is 11.9 Å². The maximum Gasteiger partial charge on any atom is 0.350 e. The Bertz CT molecular complexity index is 672. The largest absolute Gasteiger partial charge is 0.465 e. The van der Waals surface area contributed by atoms with E-state index in [1.807, 2.05) is 0 Å². The number of hydrogen-bond donors (Lipinski definition) is 1. The molecule has 0 bridgehead atoms. The van der Waals surface area contributed by atoms with Gasteiger partial charge in [-0.3, -0.25) is 4.79 Å². The fraction of sp³-hybridized carbons (Fsp3) is 0.167. The molecule has 0 atom stereocenters. The number of thiophene rings is 1. The summed E-state index contributed by atoms with van der Waals surface area (Å²) in [5, 5.41) is 4.40. The van der Waals surface area contributed by atoms with Crippen molar-refractivity contribution >= 4 is 40.5 Å². The number of aryl methyl sites for hydroxylation is 1. The van der Waals surface area contributed by atoms with Crippen LogP contribution in [0.1, 0.15) is 26.0 Å². The normalized spacial score (nSPS) is 10.2. The van der Waals surface area contributed by atoms with Crippen molar-refractivity contribution in [3.8, 4) is 0 Å². The molecule has 2 rings (SSSR count). The molecule has 8 heteroatoms. The molecule has 1 N–H and O–H groups in total. The number of methoxy groups -OCH3 is 1. The molecule has 0 saturated carbocycles. The highest BCUT2D eigenvalue weighted by Crippen LogP contribution is 2.24. The first-order valence-electron chi connectivity index (χ1n) is 5.49. The first kappa shape index (κ1) is 14.4. The lowest BCUT2D eigenvalue weighted by atomic mass is 10.3. The smallest absolute Gasteiger partial charge is 0.350 e. The highest BCUT2D eigenvalue weighted by atomic mass is 35.5. The van der Waals surface area contributed by atoms with Crippen LogP contribution in [0.25, 0.3) is 0 Å². The highest BCUT2D eigenvalue weighted by molar-refractivity contribution is 7.12. The van der Waals surface area contributed by atoms with E-state index in [9.17, 15) is 9.59 Å². The summed E-state index contributed by atoms with van der Waals surface area (Å²) in [6.07, 6.45) is 1.35. The number of hydrogen-bond acceptors (Lipinski definition) is 6. The van der Waals surface area contributed by atoms with Crippen LogP contribution in [-0.2, 0) is 4.74 Å². The van der Waals surface area contributed by atoms with Crippen molar-refractivity contribution < 1.29 is 14.3 Å². The zero-order valence-electron chi connectivity index (χ0n) is 10.6. The minimum atomic E-state index is -0.514. The Hall–Kier alpha value is -1.99. The number of amides is 1. The van der Waals surface area contributed by atoms with Gasteiger partial charge >= 0.3 is 5.97 Å². The molecule has 104 valence electrons. The quantitative estimate of drug-likeness (QED) is 0.881. The van der Waals surface area contributed by atoms with Crippen molar-refractivity contribution in [1.82, 2.24) is 9.97 Å². The van der Waals surface area contributed by atoms with Gasteiger partial charge < -0.3 is 10.1 Å². The van der Waals surface area contributed by atoms with E-state index in [0.29, 0.717) is 16.4 Å². The maximum absolute atomic E-state index is 12.1. The van der Waals surface area contributed by atoms with Crippen LogP contribution >= 0.6 is 22.9 Å². The van der Waals surface area contributed by atoms with Gasteiger partial charge in [0.2, 0.25) is 0 Å². The van der Waals surface area contributed by atoms with Crippen molar-refractivity contribution in [1.29, 1.82) is 0 Å². The first-order valence-corrected chi connectivity index (χ1v) is 6.75. The van der Waals surface area contributed by atoms with Crippen molar-refractivity contribution in [2.24, 2.45) is 0 Å². The number of aromatic nitrogens is 2. The molecule has 0 fully saturated rings. The predicted molar refractivity (Wildman–Crippen MR) is 75.4 cm³/mol. The second kappa shape index (κ2) is 5.98. The van der Waals surface area contributed by atoms with Gasteiger partial charge in [0, 0.05) is 0 Å². The van der Waals surface area contributed by atoms with Crippen LogP contribution in [0.4, 0.5) is 5.69 Å². The average Bonchev–Trinajstić information content (AvgIpc) is 2.88. The van der Waals surface area contributed by atoms with Gasteiger partial charge in [0.05, 0.1) is 24.0 Å². The number of esters is 1. The van der Waals surface area contributed by atoms with Gasteiger partial charge in [0.15, 0.2) is 5.69 Å². The Morgan fingerprint density at radius 3 is 2.90 bits per heavy atom. The summed E-state index contributed by atoms with van der Waals surface area (Å²) in [5.41, 5.74) is 0.417. The first-order chi connectivity index (χ1) is 9.52. The molecular weight excluding hydrogens is 302 g/mol. The number of anilines is 1.